The van der Waals surface area contributed by atoms with Gasteiger partial charge in [0, 0.05) is 30.5 Å². The van der Waals surface area contributed by atoms with E-state index in [1.165, 1.54) is 0 Å². The van der Waals surface area contributed by atoms with E-state index in [1.54, 1.807) is 6.20 Å². The molecule has 2 N–H and O–H groups in total. The maximum atomic E-state index is 5.97. The molecule has 0 bridgehead atoms. The van der Waals surface area contributed by atoms with Crippen LogP contribution in [0.25, 0.3) is 11.0 Å². The highest BCUT2D eigenvalue weighted by molar-refractivity contribution is 6.31. The van der Waals surface area contributed by atoms with Crippen molar-refractivity contribution in [3.8, 4) is 0 Å². The van der Waals surface area contributed by atoms with Crippen LogP contribution in [0.4, 0.5) is 5.95 Å². The van der Waals surface area contributed by atoms with E-state index in [2.05, 4.69) is 14.5 Å². The largest absolute Gasteiger partial charge is 0.369 e. The second-order valence-electron chi connectivity index (χ2n) is 4.76. The van der Waals surface area contributed by atoms with E-state index in [9.17, 15) is 0 Å². The van der Waals surface area contributed by atoms with Gasteiger partial charge in [-0.2, -0.15) is 0 Å². The number of nitrogen functional groups attached to an aromatic ring is 1. The molecule has 3 aromatic rings. The molecule has 0 aliphatic rings. The number of aromatic nitrogens is 4. The highest BCUT2D eigenvalue weighted by Gasteiger charge is 2.07. The van der Waals surface area contributed by atoms with Gasteiger partial charge in [0.2, 0.25) is 5.95 Å². The lowest BCUT2D eigenvalue weighted by atomic mass is 10.3. The topological polar surface area (TPSA) is 61.7 Å². The fourth-order valence-corrected chi connectivity index (χ4v) is 2.51. The number of nitrogens with zero attached hydrogens (tertiary/aromatic N) is 4. The molecule has 0 amide bonds. The number of halogens is 1. The van der Waals surface area contributed by atoms with E-state index >= 15 is 0 Å². The summed E-state index contributed by atoms with van der Waals surface area (Å²) in [6.07, 6.45) is 7.72. The average molecular weight is 290 g/mol. The van der Waals surface area contributed by atoms with Crippen molar-refractivity contribution in [2.24, 2.45) is 0 Å². The Morgan fingerprint density at radius 1 is 1.20 bits per heavy atom. The van der Waals surface area contributed by atoms with Crippen LogP contribution < -0.4 is 5.73 Å². The van der Waals surface area contributed by atoms with Gasteiger partial charge in [0.15, 0.2) is 0 Å². The molecule has 0 spiro atoms. The minimum atomic E-state index is 0.546. The Morgan fingerprint density at radius 2 is 2.05 bits per heavy atom. The van der Waals surface area contributed by atoms with Crippen molar-refractivity contribution in [1.29, 1.82) is 0 Å². The van der Waals surface area contributed by atoms with Crippen LogP contribution in [-0.2, 0) is 13.1 Å². The summed E-state index contributed by atoms with van der Waals surface area (Å²) in [5.41, 5.74) is 7.86. The zero-order valence-electron chi connectivity index (χ0n) is 11.0. The first-order valence-electron chi connectivity index (χ1n) is 6.61. The molecule has 5 nitrogen and oxygen atoms in total. The molecule has 1 aromatic carbocycles. The van der Waals surface area contributed by atoms with Gasteiger partial charge in [-0.1, -0.05) is 11.6 Å². The number of hydrogen-bond acceptors (Lipinski definition) is 3. The third-order valence-electron chi connectivity index (χ3n) is 3.35. The van der Waals surface area contributed by atoms with E-state index in [0.29, 0.717) is 11.0 Å². The SMILES string of the molecule is Nc1nc2cc(Cl)ccc2n1CCCCn1ccnc1. The van der Waals surface area contributed by atoms with Crippen molar-refractivity contribution in [2.75, 3.05) is 5.73 Å². The van der Waals surface area contributed by atoms with Crippen LogP contribution in [0.1, 0.15) is 12.8 Å². The summed E-state index contributed by atoms with van der Waals surface area (Å²) in [4.78, 5) is 8.37. The number of fused-ring (bicyclic) bond motifs is 1. The van der Waals surface area contributed by atoms with Gasteiger partial charge in [0.1, 0.15) is 0 Å². The lowest BCUT2D eigenvalue weighted by Crippen LogP contribution is -2.04. The Bertz CT molecular complexity index is 702. The molecule has 104 valence electrons. The van der Waals surface area contributed by atoms with Gasteiger partial charge in [-0.25, -0.2) is 9.97 Å². The van der Waals surface area contributed by atoms with Gasteiger partial charge in [0.05, 0.1) is 17.4 Å². The van der Waals surface area contributed by atoms with Gasteiger partial charge in [-0.15, -0.1) is 0 Å². The molecule has 0 saturated heterocycles. The zero-order valence-corrected chi connectivity index (χ0v) is 11.8. The maximum Gasteiger partial charge on any atom is 0.201 e. The smallest absolute Gasteiger partial charge is 0.201 e. The summed E-state index contributed by atoms with van der Waals surface area (Å²) in [5, 5.41) is 0.683. The van der Waals surface area contributed by atoms with Crippen molar-refractivity contribution < 1.29 is 0 Å². The second-order valence-corrected chi connectivity index (χ2v) is 5.20. The van der Waals surface area contributed by atoms with Crippen LogP contribution in [-0.4, -0.2) is 19.1 Å². The highest BCUT2D eigenvalue weighted by Crippen LogP contribution is 2.22. The number of hydrogen-bond donors (Lipinski definition) is 1. The fourth-order valence-electron chi connectivity index (χ4n) is 2.34. The first-order valence-corrected chi connectivity index (χ1v) is 6.99. The van der Waals surface area contributed by atoms with Crippen LogP contribution in [0.15, 0.2) is 36.9 Å². The molecule has 0 aliphatic carbocycles. The number of rotatable bonds is 5. The Labute approximate surface area is 122 Å². The minimum absolute atomic E-state index is 0.546. The lowest BCUT2D eigenvalue weighted by Gasteiger charge is -2.07. The monoisotopic (exact) mass is 289 g/mol. The van der Waals surface area contributed by atoms with Gasteiger partial charge in [-0.05, 0) is 31.0 Å². The molecule has 0 aliphatic heterocycles. The van der Waals surface area contributed by atoms with Crippen LogP contribution in [0.5, 0.6) is 0 Å². The number of imidazole rings is 2. The molecule has 0 saturated carbocycles. The van der Waals surface area contributed by atoms with Crippen molar-refractivity contribution in [1.82, 2.24) is 19.1 Å². The van der Waals surface area contributed by atoms with Crippen LogP contribution in [0.2, 0.25) is 5.02 Å². The molecule has 0 unspecified atom stereocenters. The first-order chi connectivity index (χ1) is 9.74. The van der Waals surface area contributed by atoms with Crippen LogP contribution >= 0.6 is 11.6 Å². The minimum Gasteiger partial charge on any atom is -0.369 e. The molecule has 20 heavy (non-hydrogen) atoms. The maximum absolute atomic E-state index is 5.97. The molecule has 0 fully saturated rings. The summed E-state index contributed by atoms with van der Waals surface area (Å²) < 4.78 is 4.12. The van der Waals surface area contributed by atoms with Crippen molar-refractivity contribution >= 4 is 28.6 Å². The summed E-state index contributed by atoms with van der Waals surface area (Å²) in [5.74, 6) is 0.546. The normalized spacial score (nSPS) is 11.2. The standard InChI is InChI=1S/C14H16ClN5/c15-11-3-4-13-12(9-11)18-14(16)20(13)7-2-1-6-19-8-5-17-10-19/h3-5,8-10H,1-2,6-7H2,(H2,16,18). The Morgan fingerprint density at radius 3 is 2.85 bits per heavy atom. The fraction of sp³-hybridized carbons (Fsp3) is 0.286. The van der Waals surface area contributed by atoms with Crippen molar-refractivity contribution in [2.45, 2.75) is 25.9 Å². The number of aryl methyl sites for hydroxylation is 2. The summed E-state index contributed by atoms with van der Waals surface area (Å²) in [7, 11) is 0. The highest BCUT2D eigenvalue weighted by atomic mass is 35.5. The Balaban J connectivity index is 1.66. The van der Waals surface area contributed by atoms with Crippen LogP contribution in [0.3, 0.4) is 0 Å². The molecule has 6 heteroatoms. The second kappa shape index (κ2) is 5.54. The number of unbranched alkanes of at least 4 members (excludes halogenated alkanes) is 1. The quantitative estimate of drug-likeness (QED) is 0.735. The molecule has 0 atom stereocenters. The third-order valence-corrected chi connectivity index (χ3v) is 3.58. The van der Waals surface area contributed by atoms with Gasteiger partial charge >= 0.3 is 0 Å². The van der Waals surface area contributed by atoms with Crippen molar-refractivity contribution in [3.63, 3.8) is 0 Å². The average Bonchev–Trinajstić information content (AvgIpc) is 3.02. The summed E-state index contributed by atoms with van der Waals surface area (Å²) in [6, 6.07) is 5.68. The summed E-state index contributed by atoms with van der Waals surface area (Å²) >= 11 is 5.97. The number of anilines is 1. The van der Waals surface area contributed by atoms with E-state index in [0.717, 1.165) is 37.0 Å². The van der Waals surface area contributed by atoms with Gasteiger partial charge < -0.3 is 14.9 Å². The van der Waals surface area contributed by atoms with E-state index < -0.39 is 0 Å². The Kier molecular flexibility index (Phi) is 3.60. The number of nitrogens with two attached hydrogens (primary N) is 1. The Hall–Kier alpha value is -2.01. The van der Waals surface area contributed by atoms with Crippen molar-refractivity contribution in [3.05, 3.63) is 41.9 Å². The van der Waals surface area contributed by atoms with Crippen LogP contribution in [0, 0.1) is 0 Å². The molecular formula is C14H16ClN5. The summed E-state index contributed by atoms with van der Waals surface area (Å²) in [6.45, 7) is 1.83. The molecule has 2 aromatic heterocycles. The molecule has 3 rings (SSSR count). The molecule has 2 heterocycles. The molecule has 0 radical (unpaired) electrons. The van der Waals surface area contributed by atoms with Gasteiger partial charge in [-0.3, -0.25) is 0 Å². The predicted molar refractivity (Wildman–Crippen MR) is 80.6 cm³/mol. The lowest BCUT2D eigenvalue weighted by molar-refractivity contribution is 0.562. The zero-order chi connectivity index (χ0) is 13.9. The first kappa shape index (κ1) is 13.0. The van der Waals surface area contributed by atoms with E-state index in [1.807, 2.05) is 35.3 Å². The van der Waals surface area contributed by atoms with E-state index in [-0.39, 0.29) is 0 Å². The predicted octanol–water partition coefficient (Wildman–Crippen LogP) is 2.95. The molecular weight excluding hydrogens is 274 g/mol. The van der Waals surface area contributed by atoms with Gasteiger partial charge in [0.25, 0.3) is 0 Å². The number of benzene rings is 1. The van der Waals surface area contributed by atoms with E-state index in [4.69, 9.17) is 17.3 Å². The third kappa shape index (κ3) is 2.63.